The van der Waals surface area contributed by atoms with Crippen molar-refractivity contribution < 1.29 is 19.1 Å². The third kappa shape index (κ3) is 7.99. The van der Waals surface area contributed by atoms with Crippen LogP contribution in [0.25, 0.3) is 0 Å². The van der Waals surface area contributed by atoms with Crippen LogP contribution in [0.4, 0.5) is 0 Å². The number of Topliss-reactive ketones (excluding diaryl/α,β-unsaturated/α-hetero) is 2. The van der Waals surface area contributed by atoms with Crippen molar-refractivity contribution in [3.63, 3.8) is 0 Å². The average Bonchev–Trinajstić information content (AvgIpc) is 2.99. The predicted molar refractivity (Wildman–Crippen MR) is 165 cm³/mol. The minimum absolute atomic E-state index is 0.168. The first-order chi connectivity index (χ1) is 19.2. The summed E-state index contributed by atoms with van der Waals surface area (Å²) < 4.78 is 10.9. The first-order valence-corrected chi connectivity index (χ1v) is 16.4. The Kier molecular flexibility index (Phi) is 11.3. The van der Waals surface area contributed by atoms with Gasteiger partial charge >= 0.3 is 0 Å². The normalized spacial score (nSPS) is 17.6. The minimum atomic E-state index is -0.522. The van der Waals surface area contributed by atoms with Gasteiger partial charge in [-0.25, -0.2) is 0 Å². The maximum Gasteiger partial charge on any atom is 0.182 e. The molecule has 0 radical (unpaired) electrons. The molecule has 40 heavy (non-hydrogen) atoms. The standard InChI is InChI=1S/C32H44N2O4S2/c1-31(2,33-15-19-37-20-16-33)29(35)25-7-11-27(12-8-25)39-23-5-6-24-40-28-13-9-26(10-14-28)30(36)32(3,4)34-17-21-38-22-18-34/h7-14H,5-6,15-24H2,1-4H3. The van der Waals surface area contributed by atoms with Crippen LogP contribution in [0.3, 0.4) is 0 Å². The number of nitrogens with zero attached hydrogens (tertiary/aromatic N) is 2. The van der Waals surface area contributed by atoms with Crippen molar-refractivity contribution in [2.24, 2.45) is 0 Å². The zero-order valence-corrected chi connectivity index (χ0v) is 26.1. The molecule has 6 nitrogen and oxygen atoms in total. The summed E-state index contributed by atoms with van der Waals surface area (Å²) in [5, 5.41) is 0. The molecule has 0 amide bonds. The maximum absolute atomic E-state index is 13.2. The maximum atomic E-state index is 13.2. The summed E-state index contributed by atoms with van der Waals surface area (Å²) in [7, 11) is 0. The van der Waals surface area contributed by atoms with Gasteiger partial charge in [-0.1, -0.05) is 24.3 Å². The quantitative estimate of drug-likeness (QED) is 0.163. The largest absolute Gasteiger partial charge is 0.379 e. The molecule has 2 aliphatic rings. The second kappa shape index (κ2) is 14.5. The van der Waals surface area contributed by atoms with Crippen molar-refractivity contribution in [1.82, 2.24) is 9.80 Å². The number of ether oxygens (including phenoxy) is 2. The Morgan fingerprint density at radius 2 is 0.950 bits per heavy atom. The second-order valence-corrected chi connectivity index (χ2v) is 13.8. The highest BCUT2D eigenvalue weighted by atomic mass is 32.2. The Morgan fingerprint density at radius 3 is 1.27 bits per heavy atom. The van der Waals surface area contributed by atoms with Crippen molar-refractivity contribution in [3.8, 4) is 0 Å². The topological polar surface area (TPSA) is 59.1 Å². The molecule has 2 aromatic rings. The molecule has 2 saturated heterocycles. The molecule has 0 saturated carbocycles. The minimum Gasteiger partial charge on any atom is -0.379 e. The van der Waals surface area contributed by atoms with Crippen LogP contribution in [-0.2, 0) is 9.47 Å². The zero-order chi connectivity index (χ0) is 28.6. The molecule has 2 heterocycles. The summed E-state index contributed by atoms with van der Waals surface area (Å²) in [6.45, 7) is 14.0. The Bertz CT molecular complexity index is 1020. The number of rotatable bonds is 13. The Labute approximate surface area is 248 Å². The molecule has 2 fully saturated rings. The van der Waals surface area contributed by atoms with Crippen LogP contribution in [0.15, 0.2) is 58.3 Å². The fourth-order valence-electron chi connectivity index (χ4n) is 5.23. The smallest absolute Gasteiger partial charge is 0.182 e. The third-order valence-electron chi connectivity index (χ3n) is 8.02. The molecule has 8 heteroatoms. The number of morpholine rings is 2. The van der Waals surface area contributed by atoms with Crippen molar-refractivity contribution in [3.05, 3.63) is 59.7 Å². The summed E-state index contributed by atoms with van der Waals surface area (Å²) >= 11 is 3.69. The Morgan fingerprint density at radius 1 is 0.625 bits per heavy atom. The van der Waals surface area contributed by atoms with E-state index in [0.29, 0.717) is 26.4 Å². The average molecular weight is 585 g/mol. The molecule has 0 spiro atoms. The molecule has 0 atom stereocenters. The fraction of sp³-hybridized carbons (Fsp3) is 0.562. The molecule has 0 aromatic heterocycles. The number of carbonyl (C=O) groups is 2. The van der Waals surface area contributed by atoms with Gasteiger partial charge < -0.3 is 9.47 Å². The van der Waals surface area contributed by atoms with Gasteiger partial charge in [0.2, 0.25) is 0 Å². The van der Waals surface area contributed by atoms with Crippen molar-refractivity contribution in [1.29, 1.82) is 0 Å². The first-order valence-electron chi connectivity index (χ1n) is 14.4. The van der Waals surface area contributed by atoms with Gasteiger partial charge in [-0.2, -0.15) is 0 Å². The number of hydrogen-bond acceptors (Lipinski definition) is 8. The molecule has 0 aliphatic carbocycles. The molecular formula is C32H44N2O4S2. The molecule has 2 aliphatic heterocycles. The van der Waals surface area contributed by atoms with Crippen LogP contribution in [0, 0.1) is 0 Å². The van der Waals surface area contributed by atoms with E-state index in [1.54, 1.807) is 0 Å². The van der Waals surface area contributed by atoms with Crippen LogP contribution in [0.2, 0.25) is 0 Å². The highest BCUT2D eigenvalue weighted by molar-refractivity contribution is 7.99. The van der Waals surface area contributed by atoms with Crippen LogP contribution in [-0.4, -0.2) is 96.6 Å². The summed E-state index contributed by atoms with van der Waals surface area (Å²) in [5.41, 5.74) is 0.501. The fourth-order valence-corrected chi connectivity index (χ4v) is 7.05. The third-order valence-corrected chi connectivity index (χ3v) is 10.2. The molecular weight excluding hydrogens is 540 g/mol. The van der Waals surface area contributed by atoms with Crippen LogP contribution in [0.5, 0.6) is 0 Å². The van der Waals surface area contributed by atoms with E-state index in [-0.39, 0.29) is 11.6 Å². The Balaban J connectivity index is 1.15. The highest BCUT2D eigenvalue weighted by Gasteiger charge is 2.37. The SMILES string of the molecule is CC(C)(C(=O)c1ccc(SCCCCSc2ccc(C(=O)C(C)(C)N3CCOCC3)cc2)cc1)N1CCOCC1. The van der Waals surface area contributed by atoms with E-state index in [9.17, 15) is 9.59 Å². The summed E-state index contributed by atoms with van der Waals surface area (Å²) in [6, 6.07) is 16.2. The number of unbranched alkanes of at least 4 members (excludes halogenated alkanes) is 1. The number of ketones is 2. The van der Waals surface area contributed by atoms with Crippen LogP contribution < -0.4 is 0 Å². The lowest BCUT2D eigenvalue weighted by Crippen LogP contribution is -2.54. The Hall–Kier alpha value is -1.68. The van der Waals surface area contributed by atoms with E-state index < -0.39 is 11.1 Å². The van der Waals surface area contributed by atoms with Gasteiger partial charge in [0, 0.05) is 47.1 Å². The van der Waals surface area contributed by atoms with Gasteiger partial charge in [0.05, 0.1) is 37.5 Å². The summed E-state index contributed by atoms with van der Waals surface area (Å²) in [5.74, 6) is 2.44. The van der Waals surface area contributed by atoms with Crippen LogP contribution in [0.1, 0.15) is 61.3 Å². The van der Waals surface area contributed by atoms with Crippen molar-refractivity contribution in [2.75, 3.05) is 64.1 Å². The molecule has 0 bridgehead atoms. The lowest BCUT2D eigenvalue weighted by atomic mass is 9.91. The first kappa shape index (κ1) is 31.3. The van der Waals surface area contributed by atoms with Gasteiger partial charge in [0.25, 0.3) is 0 Å². The molecule has 4 rings (SSSR count). The second-order valence-electron chi connectivity index (χ2n) is 11.4. The monoisotopic (exact) mass is 584 g/mol. The number of thioether (sulfide) groups is 2. The van der Waals surface area contributed by atoms with E-state index in [1.807, 2.05) is 75.5 Å². The van der Waals surface area contributed by atoms with E-state index in [0.717, 1.165) is 61.7 Å². The van der Waals surface area contributed by atoms with E-state index >= 15 is 0 Å². The molecule has 2 aromatic carbocycles. The van der Waals surface area contributed by atoms with Gasteiger partial charge in [-0.3, -0.25) is 19.4 Å². The lowest BCUT2D eigenvalue weighted by molar-refractivity contribution is -0.00443. The number of carbonyl (C=O) groups excluding carboxylic acids is 2. The number of hydrogen-bond donors (Lipinski definition) is 0. The van der Waals surface area contributed by atoms with Crippen LogP contribution >= 0.6 is 23.5 Å². The zero-order valence-electron chi connectivity index (χ0n) is 24.4. The highest BCUT2D eigenvalue weighted by Crippen LogP contribution is 2.27. The van der Waals surface area contributed by atoms with Crippen molar-refractivity contribution in [2.45, 2.75) is 61.4 Å². The summed E-state index contributed by atoms with van der Waals surface area (Å²) in [4.78, 5) is 33.2. The summed E-state index contributed by atoms with van der Waals surface area (Å²) in [6.07, 6.45) is 2.26. The van der Waals surface area contributed by atoms with E-state index in [2.05, 4.69) is 34.1 Å². The van der Waals surface area contributed by atoms with Crippen molar-refractivity contribution >= 4 is 35.1 Å². The number of benzene rings is 2. The molecule has 0 N–H and O–H groups in total. The molecule has 0 unspecified atom stereocenters. The van der Waals surface area contributed by atoms with Gasteiger partial charge in [0.15, 0.2) is 11.6 Å². The van der Waals surface area contributed by atoms with Gasteiger partial charge in [-0.15, -0.1) is 23.5 Å². The van der Waals surface area contributed by atoms with Gasteiger partial charge in [-0.05, 0) is 76.3 Å². The van der Waals surface area contributed by atoms with Gasteiger partial charge in [0.1, 0.15) is 0 Å². The molecule has 218 valence electrons. The van der Waals surface area contributed by atoms with E-state index in [4.69, 9.17) is 9.47 Å². The lowest BCUT2D eigenvalue weighted by Gasteiger charge is -2.39. The predicted octanol–water partition coefficient (Wildman–Crippen LogP) is 5.94. The van der Waals surface area contributed by atoms with E-state index in [1.165, 1.54) is 9.79 Å².